The summed E-state index contributed by atoms with van der Waals surface area (Å²) in [4.78, 5) is 6.35. The Labute approximate surface area is 208 Å². The van der Waals surface area contributed by atoms with Crippen molar-refractivity contribution in [3.8, 4) is 11.1 Å². The first-order chi connectivity index (χ1) is 16.7. The number of aryl methyl sites for hydroxylation is 1. The molecule has 4 nitrogen and oxygen atoms in total. The van der Waals surface area contributed by atoms with E-state index in [-0.39, 0.29) is 25.9 Å². The van der Waals surface area contributed by atoms with Crippen molar-refractivity contribution >= 4 is 17.4 Å². The molecule has 0 radical (unpaired) electrons. The number of hydrogen-bond acceptors (Lipinski definition) is 4. The highest BCUT2D eigenvalue weighted by Crippen LogP contribution is 2.38. The van der Waals surface area contributed by atoms with Gasteiger partial charge in [0.15, 0.2) is 5.60 Å². The summed E-state index contributed by atoms with van der Waals surface area (Å²) in [7, 11) is 0. The molecule has 0 atom stereocenters. The summed E-state index contributed by atoms with van der Waals surface area (Å²) in [5, 5.41) is 13.8. The molecule has 0 bridgehead atoms. The molecule has 0 saturated carbocycles. The molecule has 3 aromatic rings. The quantitative estimate of drug-likeness (QED) is 0.352. The monoisotopic (exact) mass is 503 g/mol. The van der Waals surface area contributed by atoms with Gasteiger partial charge >= 0.3 is 6.18 Å². The van der Waals surface area contributed by atoms with Crippen molar-refractivity contribution in [1.82, 2.24) is 9.88 Å². The third-order valence-electron chi connectivity index (χ3n) is 6.52. The molecule has 0 spiro atoms. The van der Waals surface area contributed by atoms with Gasteiger partial charge < -0.3 is 10.4 Å². The lowest BCUT2D eigenvalue weighted by atomic mass is 9.90. The van der Waals surface area contributed by atoms with Crippen LogP contribution in [0.3, 0.4) is 0 Å². The first kappa shape index (κ1) is 25.5. The molecule has 186 valence electrons. The molecule has 4 rings (SSSR count). The lowest BCUT2D eigenvalue weighted by molar-refractivity contribution is -0.272. The van der Waals surface area contributed by atoms with E-state index in [0.717, 1.165) is 46.9 Å². The smallest absolute Gasteiger partial charge is 0.380 e. The number of aromatic nitrogens is 1. The minimum absolute atomic E-state index is 0.205. The Morgan fingerprint density at radius 2 is 1.51 bits per heavy atom. The van der Waals surface area contributed by atoms with Crippen LogP contribution in [0, 0.1) is 0 Å². The lowest BCUT2D eigenvalue weighted by Gasteiger charge is -2.39. The second-order valence-electron chi connectivity index (χ2n) is 9.09. The number of piperidine rings is 1. The minimum Gasteiger partial charge on any atom is -0.380 e. The number of anilines is 1. The number of aliphatic hydroxyl groups is 1. The number of likely N-dealkylation sites (tertiary alicyclic amines) is 1. The average Bonchev–Trinajstić information content (AvgIpc) is 2.85. The number of rotatable bonds is 8. The summed E-state index contributed by atoms with van der Waals surface area (Å²) in [6, 6.07) is 20.2. The zero-order chi connectivity index (χ0) is 24.9. The van der Waals surface area contributed by atoms with Gasteiger partial charge in [0, 0.05) is 37.4 Å². The maximum atomic E-state index is 12.9. The summed E-state index contributed by atoms with van der Waals surface area (Å²) in [6.07, 6.45) is -1.51. The number of hydrogen-bond donors (Lipinski definition) is 2. The van der Waals surface area contributed by atoms with Crippen LogP contribution in [-0.2, 0) is 13.0 Å². The third-order valence-corrected chi connectivity index (χ3v) is 6.77. The zero-order valence-electron chi connectivity index (χ0n) is 19.4. The van der Waals surface area contributed by atoms with Gasteiger partial charge in [0.2, 0.25) is 0 Å². The van der Waals surface area contributed by atoms with E-state index < -0.39 is 11.8 Å². The molecular formula is C27H29ClF3N3O. The SMILES string of the molecule is OC1(C(F)(F)F)CCN(Cc2ccc(NCCCc3ccc(-c4ccc(Cl)cc4)cc3)nc2)CC1. The van der Waals surface area contributed by atoms with E-state index in [1.54, 1.807) is 6.20 Å². The maximum absolute atomic E-state index is 12.9. The lowest BCUT2D eigenvalue weighted by Crippen LogP contribution is -2.53. The average molecular weight is 504 g/mol. The van der Waals surface area contributed by atoms with Crippen molar-refractivity contribution in [3.05, 3.63) is 83.0 Å². The van der Waals surface area contributed by atoms with Gasteiger partial charge in [0.05, 0.1) is 0 Å². The predicted octanol–water partition coefficient (Wildman–Crippen LogP) is 6.34. The van der Waals surface area contributed by atoms with Crippen molar-refractivity contribution in [3.63, 3.8) is 0 Å². The van der Waals surface area contributed by atoms with E-state index in [4.69, 9.17) is 11.6 Å². The Balaban J connectivity index is 1.18. The van der Waals surface area contributed by atoms with E-state index in [9.17, 15) is 18.3 Å². The summed E-state index contributed by atoms with van der Waals surface area (Å²) >= 11 is 5.96. The zero-order valence-corrected chi connectivity index (χ0v) is 20.1. The topological polar surface area (TPSA) is 48.4 Å². The van der Waals surface area contributed by atoms with E-state index >= 15 is 0 Å². The van der Waals surface area contributed by atoms with Gasteiger partial charge in [0.25, 0.3) is 0 Å². The van der Waals surface area contributed by atoms with E-state index in [1.807, 2.05) is 41.3 Å². The highest BCUT2D eigenvalue weighted by Gasteiger charge is 2.54. The summed E-state index contributed by atoms with van der Waals surface area (Å²) in [5.41, 5.74) is 1.95. The normalized spacial score (nSPS) is 16.3. The standard InChI is InChI=1S/C27H29ClF3N3O/c28-24-10-8-23(9-11-24)22-6-3-20(4-7-22)2-1-15-32-25-12-5-21(18-33-25)19-34-16-13-26(35,14-17-34)27(29,30)31/h3-12,18,35H,1-2,13-17,19H2,(H,32,33). The van der Waals surface area contributed by atoms with Crippen molar-refractivity contribution < 1.29 is 18.3 Å². The molecule has 2 aromatic carbocycles. The van der Waals surface area contributed by atoms with E-state index in [0.29, 0.717) is 6.54 Å². The number of nitrogens with one attached hydrogen (secondary N) is 1. The van der Waals surface area contributed by atoms with Crippen LogP contribution in [0.1, 0.15) is 30.4 Å². The van der Waals surface area contributed by atoms with E-state index in [2.05, 4.69) is 34.6 Å². The van der Waals surface area contributed by atoms with Gasteiger partial charge in [-0.15, -0.1) is 0 Å². The number of alkyl halides is 3. The summed E-state index contributed by atoms with van der Waals surface area (Å²) < 4.78 is 38.8. The highest BCUT2D eigenvalue weighted by molar-refractivity contribution is 6.30. The first-order valence-electron chi connectivity index (χ1n) is 11.8. The number of benzene rings is 2. The Morgan fingerprint density at radius 1 is 0.914 bits per heavy atom. The van der Waals surface area contributed by atoms with Crippen LogP contribution in [0.15, 0.2) is 66.9 Å². The van der Waals surface area contributed by atoms with Gasteiger partial charge in [-0.2, -0.15) is 13.2 Å². The van der Waals surface area contributed by atoms with Gasteiger partial charge in [-0.1, -0.05) is 54.1 Å². The van der Waals surface area contributed by atoms with Crippen molar-refractivity contribution in [2.75, 3.05) is 25.0 Å². The Kier molecular flexibility index (Phi) is 7.99. The Hall–Kier alpha value is -2.61. The van der Waals surface area contributed by atoms with E-state index in [1.165, 1.54) is 5.56 Å². The highest BCUT2D eigenvalue weighted by atomic mass is 35.5. The Bertz CT molecular complexity index is 1080. The van der Waals surface area contributed by atoms with Crippen molar-refractivity contribution in [1.29, 1.82) is 0 Å². The van der Waals surface area contributed by atoms with Crippen LogP contribution < -0.4 is 5.32 Å². The predicted molar refractivity (Wildman–Crippen MR) is 133 cm³/mol. The fraction of sp³-hybridized carbons (Fsp3) is 0.370. The Morgan fingerprint density at radius 3 is 2.09 bits per heavy atom. The maximum Gasteiger partial charge on any atom is 0.417 e. The summed E-state index contributed by atoms with van der Waals surface area (Å²) in [6.45, 7) is 1.72. The van der Waals surface area contributed by atoms with Gasteiger partial charge in [-0.05, 0) is 66.1 Å². The van der Waals surface area contributed by atoms with Crippen LogP contribution in [0.25, 0.3) is 11.1 Å². The molecule has 1 aliphatic rings. The van der Waals surface area contributed by atoms with Crippen LogP contribution in [-0.4, -0.2) is 46.4 Å². The van der Waals surface area contributed by atoms with Crippen LogP contribution in [0.5, 0.6) is 0 Å². The van der Waals surface area contributed by atoms with Crippen molar-refractivity contribution in [2.24, 2.45) is 0 Å². The van der Waals surface area contributed by atoms with Crippen LogP contribution in [0.4, 0.5) is 19.0 Å². The molecule has 1 aromatic heterocycles. The van der Waals surface area contributed by atoms with Gasteiger partial charge in [-0.25, -0.2) is 4.98 Å². The molecule has 2 heterocycles. The van der Waals surface area contributed by atoms with Crippen LogP contribution >= 0.6 is 11.6 Å². The number of nitrogens with zero attached hydrogens (tertiary/aromatic N) is 2. The number of pyridine rings is 1. The van der Waals surface area contributed by atoms with Gasteiger partial charge in [0.1, 0.15) is 5.82 Å². The minimum atomic E-state index is -4.57. The third kappa shape index (κ3) is 6.75. The number of halogens is 4. The molecule has 1 saturated heterocycles. The molecule has 0 unspecified atom stereocenters. The molecule has 1 fully saturated rings. The molecule has 35 heavy (non-hydrogen) atoms. The second kappa shape index (κ2) is 11.0. The molecule has 2 N–H and O–H groups in total. The first-order valence-corrected chi connectivity index (χ1v) is 12.1. The molecule has 1 aliphatic heterocycles. The molecular weight excluding hydrogens is 475 g/mol. The summed E-state index contributed by atoms with van der Waals surface area (Å²) in [5.74, 6) is 0.775. The fourth-order valence-corrected chi connectivity index (χ4v) is 4.39. The van der Waals surface area contributed by atoms with Crippen molar-refractivity contribution in [2.45, 2.75) is 44.0 Å². The molecule has 0 aliphatic carbocycles. The largest absolute Gasteiger partial charge is 0.417 e. The molecule has 0 amide bonds. The molecule has 8 heteroatoms. The van der Waals surface area contributed by atoms with Crippen LogP contribution in [0.2, 0.25) is 5.02 Å². The fourth-order valence-electron chi connectivity index (χ4n) is 4.26. The second-order valence-corrected chi connectivity index (χ2v) is 9.53. The van der Waals surface area contributed by atoms with Gasteiger partial charge in [-0.3, -0.25) is 4.90 Å².